The van der Waals surface area contributed by atoms with Gasteiger partial charge in [-0.15, -0.1) is 11.3 Å². The van der Waals surface area contributed by atoms with Crippen molar-refractivity contribution < 1.29 is 5.11 Å². The van der Waals surface area contributed by atoms with Crippen molar-refractivity contribution >= 4 is 27.4 Å². The lowest BCUT2D eigenvalue weighted by molar-refractivity contribution is 0.191. The minimum Gasteiger partial charge on any atom is -0.387 e. The third-order valence-electron chi connectivity index (χ3n) is 3.38. The lowest BCUT2D eigenvalue weighted by Gasteiger charge is -2.13. The normalized spacial score (nSPS) is 12.5. The zero-order valence-electron chi connectivity index (χ0n) is 12.0. The minimum absolute atomic E-state index is 0.421. The van der Waals surface area contributed by atoms with E-state index < -0.39 is 6.10 Å². The van der Waals surface area contributed by atoms with E-state index in [1.807, 2.05) is 31.2 Å². The van der Waals surface area contributed by atoms with Crippen molar-refractivity contribution in [2.45, 2.75) is 20.0 Å². The first-order chi connectivity index (χ1) is 10.1. The van der Waals surface area contributed by atoms with Gasteiger partial charge in [0.2, 0.25) is 0 Å². The molecule has 1 atom stereocenters. The Hall–Kier alpha value is -1.98. The predicted octanol–water partition coefficient (Wildman–Crippen LogP) is 3.45. The molecule has 0 aliphatic heterocycles. The Morgan fingerprint density at radius 2 is 1.95 bits per heavy atom. The second-order valence-corrected chi connectivity index (χ2v) is 6.34. The number of fused-ring (bicyclic) bond motifs is 1. The number of hydrogen-bond acceptors (Lipinski definition) is 5. The van der Waals surface area contributed by atoms with Crippen LogP contribution in [0.15, 0.2) is 36.7 Å². The first-order valence-electron chi connectivity index (χ1n) is 6.83. The van der Waals surface area contributed by atoms with E-state index in [4.69, 9.17) is 0 Å². The van der Waals surface area contributed by atoms with Gasteiger partial charge in [-0.1, -0.05) is 29.8 Å². The van der Waals surface area contributed by atoms with Crippen molar-refractivity contribution in [3.05, 3.63) is 52.7 Å². The predicted molar refractivity (Wildman–Crippen MR) is 86.8 cm³/mol. The zero-order chi connectivity index (χ0) is 14.8. The van der Waals surface area contributed by atoms with Crippen LogP contribution in [0.3, 0.4) is 0 Å². The number of anilines is 1. The maximum atomic E-state index is 10.2. The molecule has 0 amide bonds. The summed E-state index contributed by atoms with van der Waals surface area (Å²) < 4.78 is 0. The third kappa shape index (κ3) is 3.04. The Kier molecular flexibility index (Phi) is 3.86. The van der Waals surface area contributed by atoms with Crippen molar-refractivity contribution in [3.8, 4) is 0 Å². The molecule has 2 heterocycles. The molecule has 2 N–H and O–H groups in total. The molecular formula is C16H17N3OS. The van der Waals surface area contributed by atoms with E-state index in [9.17, 15) is 5.11 Å². The van der Waals surface area contributed by atoms with E-state index >= 15 is 0 Å². The van der Waals surface area contributed by atoms with Crippen LogP contribution < -0.4 is 5.32 Å². The molecule has 4 nitrogen and oxygen atoms in total. The van der Waals surface area contributed by atoms with Crippen LogP contribution in [-0.2, 0) is 0 Å². The molecule has 1 aromatic carbocycles. The highest BCUT2D eigenvalue weighted by atomic mass is 32.1. The van der Waals surface area contributed by atoms with Gasteiger partial charge in [0.25, 0.3) is 0 Å². The van der Waals surface area contributed by atoms with Gasteiger partial charge in [0, 0.05) is 11.4 Å². The van der Waals surface area contributed by atoms with Crippen LogP contribution in [0, 0.1) is 13.8 Å². The van der Waals surface area contributed by atoms with Crippen LogP contribution in [0.2, 0.25) is 0 Å². The Morgan fingerprint density at radius 1 is 1.19 bits per heavy atom. The van der Waals surface area contributed by atoms with Gasteiger partial charge in [0.15, 0.2) is 0 Å². The molecule has 0 saturated heterocycles. The van der Waals surface area contributed by atoms with Crippen molar-refractivity contribution in [2.24, 2.45) is 0 Å². The molecule has 5 heteroatoms. The summed E-state index contributed by atoms with van der Waals surface area (Å²) in [6, 6.07) is 9.98. The topological polar surface area (TPSA) is 58.0 Å². The second kappa shape index (κ2) is 5.79. The maximum Gasteiger partial charge on any atom is 0.138 e. The number of aryl methyl sites for hydroxylation is 2. The Bertz CT molecular complexity index is 752. The van der Waals surface area contributed by atoms with Crippen molar-refractivity contribution in [2.75, 3.05) is 11.9 Å². The Morgan fingerprint density at radius 3 is 2.71 bits per heavy atom. The van der Waals surface area contributed by atoms with Gasteiger partial charge in [-0.3, -0.25) is 0 Å². The van der Waals surface area contributed by atoms with Gasteiger partial charge >= 0.3 is 0 Å². The first kappa shape index (κ1) is 14.0. The second-order valence-electron chi connectivity index (χ2n) is 5.11. The summed E-state index contributed by atoms with van der Waals surface area (Å²) in [5.74, 6) is 0.774. The average molecular weight is 299 g/mol. The van der Waals surface area contributed by atoms with Crippen LogP contribution >= 0.6 is 11.3 Å². The van der Waals surface area contributed by atoms with E-state index in [1.165, 1.54) is 10.4 Å². The van der Waals surface area contributed by atoms with E-state index in [0.29, 0.717) is 6.54 Å². The summed E-state index contributed by atoms with van der Waals surface area (Å²) in [7, 11) is 0. The fourth-order valence-corrected chi connectivity index (χ4v) is 3.06. The number of benzene rings is 1. The molecule has 0 aliphatic carbocycles. The number of nitrogens with one attached hydrogen (secondary N) is 1. The molecule has 3 aromatic rings. The number of aromatic nitrogens is 2. The highest BCUT2D eigenvalue weighted by Crippen LogP contribution is 2.27. The van der Waals surface area contributed by atoms with E-state index in [-0.39, 0.29) is 0 Å². The molecule has 0 radical (unpaired) electrons. The smallest absolute Gasteiger partial charge is 0.138 e. The molecule has 2 aromatic heterocycles. The molecule has 108 valence electrons. The van der Waals surface area contributed by atoms with Crippen molar-refractivity contribution in [3.63, 3.8) is 0 Å². The summed E-state index contributed by atoms with van der Waals surface area (Å²) in [5, 5.41) is 14.5. The zero-order valence-corrected chi connectivity index (χ0v) is 12.8. The molecule has 1 unspecified atom stereocenters. The van der Waals surface area contributed by atoms with Crippen LogP contribution in [-0.4, -0.2) is 21.6 Å². The summed E-state index contributed by atoms with van der Waals surface area (Å²) in [6.45, 7) is 4.51. The van der Waals surface area contributed by atoms with Crippen LogP contribution in [0.25, 0.3) is 10.2 Å². The standard InChI is InChI=1S/C16H17N3OS/c1-10-3-5-12(6-4-10)14(20)8-17-15-13-7-11(2)21-16(13)19-9-18-15/h3-7,9,14,20H,8H2,1-2H3,(H,17,18,19). The van der Waals surface area contributed by atoms with Gasteiger partial charge in [-0.05, 0) is 25.5 Å². The van der Waals surface area contributed by atoms with Crippen LogP contribution in [0.4, 0.5) is 5.82 Å². The minimum atomic E-state index is -0.560. The number of thiophene rings is 1. The molecule has 3 rings (SSSR count). The lowest BCUT2D eigenvalue weighted by Crippen LogP contribution is -2.13. The number of hydrogen-bond donors (Lipinski definition) is 2. The van der Waals surface area contributed by atoms with E-state index in [2.05, 4.69) is 28.3 Å². The largest absolute Gasteiger partial charge is 0.387 e. The van der Waals surface area contributed by atoms with Crippen molar-refractivity contribution in [1.29, 1.82) is 0 Å². The number of aliphatic hydroxyl groups excluding tert-OH is 1. The average Bonchev–Trinajstić information content (AvgIpc) is 2.86. The maximum absolute atomic E-state index is 10.2. The molecule has 0 bridgehead atoms. The third-order valence-corrected chi connectivity index (χ3v) is 4.34. The Balaban J connectivity index is 1.75. The summed E-state index contributed by atoms with van der Waals surface area (Å²) >= 11 is 1.64. The lowest BCUT2D eigenvalue weighted by atomic mass is 10.1. The molecule has 0 spiro atoms. The molecule has 0 fully saturated rings. The monoisotopic (exact) mass is 299 g/mol. The highest BCUT2D eigenvalue weighted by molar-refractivity contribution is 7.18. The van der Waals surface area contributed by atoms with E-state index in [1.54, 1.807) is 17.7 Å². The highest BCUT2D eigenvalue weighted by Gasteiger charge is 2.10. The van der Waals surface area contributed by atoms with Gasteiger partial charge in [0.05, 0.1) is 11.5 Å². The first-order valence-corrected chi connectivity index (χ1v) is 7.65. The molecule has 0 aliphatic rings. The SMILES string of the molecule is Cc1ccc(C(O)CNc2ncnc3sc(C)cc23)cc1. The Labute approximate surface area is 127 Å². The molecule has 21 heavy (non-hydrogen) atoms. The summed E-state index contributed by atoms with van der Waals surface area (Å²) in [6.07, 6.45) is 0.995. The van der Waals surface area contributed by atoms with Crippen LogP contribution in [0.5, 0.6) is 0 Å². The molecular weight excluding hydrogens is 282 g/mol. The van der Waals surface area contributed by atoms with Gasteiger partial charge in [-0.2, -0.15) is 0 Å². The summed E-state index contributed by atoms with van der Waals surface area (Å²) in [4.78, 5) is 10.7. The van der Waals surface area contributed by atoms with Crippen molar-refractivity contribution in [1.82, 2.24) is 9.97 Å². The number of nitrogens with zero attached hydrogens (tertiary/aromatic N) is 2. The van der Waals surface area contributed by atoms with E-state index in [0.717, 1.165) is 21.6 Å². The molecule has 0 saturated carbocycles. The fourth-order valence-electron chi connectivity index (χ4n) is 2.22. The fraction of sp³-hybridized carbons (Fsp3) is 0.250. The quantitative estimate of drug-likeness (QED) is 0.774. The van der Waals surface area contributed by atoms with Gasteiger partial charge in [-0.25, -0.2) is 9.97 Å². The van der Waals surface area contributed by atoms with Gasteiger partial charge < -0.3 is 10.4 Å². The number of aliphatic hydroxyl groups is 1. The van der Waals surface area contributed by atoms with Crippen LogP contribution in [0.1, 0.15) is 22.1 Å². The number of rotatable bonds is 4. The van der Waals surface area contributed by atoms with Gasteiger partial charge in [0.1, 0.15) is 17.0 Å². The summed E-state index contributed by atoms with van der Waals surface area (Å²) in [5.41, 5.74) is 2.09.